The van der Waals surface area contributed by atoms with Crippen LogP contribution in [0, 0.1) is 0 Å². The number of methoxy groups -OCH3 is 1. The van der Waals surface area contributed by atoms with Gasteiger partial charge in [0.05, 0.1) is 6.42 Å². The van der Waals surface area contributed by atoms with Crippen molar-refractivity contribution in [2.24, 2.45) is 0 Å². The summed E-state index contributed by atoms with van der Waals surface area (Å²) < 4.78 is 5.01. The van der Waals surface area contributed by atoms with Gasteiger partial charge < -0.3 is 10.1 Å². The van der Waals surface area contributed by atoms with Crippen molar-refractivity contribution in [1.82, 2.24) is 5.32 Å². The van der Waals surface area contributed by atoms with E-state index >= 15 is 0 Å². The molecule has 0 aromatic rings. The van der Waals surface area contributed by atoms with Gasteiger partial charge in [0.1, 0.15) is 5.60 Å². The van der Waals surface area contributed by atoms with Gasteiger partial charge in [0.2, 0.25) is 5.91 Å². The second-order valence-corrected chi connectivity index (χ2v) is 3.12. The number of ether oxygens (including phenoxy) is 1. The lowest BCUT2D eigenvalue weighted by molar-refractivity contribution is -0.143. The zero-order valence-corrected chi connectivity index (χ0v) is 8.64. The van der Waals surface area contributed by atoms with Crippen LogP contribution in [-0.4, -0.2) is 30.9 Å². The highest BCUT2D eigenvalue weighted by atomic mass is 16.5. The standard InChI is InChI=1S/C9H17NO3.2CH4/c1-5-10-8(12)6-9(3,13-4)7(2)11;;/h5-6H2,1-4H3,(H,10,12);2*1H4. The third kappa shape index (κ3) is 6.23. The molecule has 0 radical (unpaired) electrons. The lowest BCUT2D eigenvalue weighted by Gasteiger charge is -2.23. The minimum absolute atomic E-state index is 0. The van der Waals surface area contributed by atoms with Gasteiger partial charge in [-0.1, -0.05) is 14.9 Å². The van der Waals surface area contributed by atoms with Crippen molar-refractivity contribution in [3.63, 3.8) is 0 Å². The number of rotatable bonds is 5. The molecular formula is C11H25NO3. The summed E-state index contributed by atoms with van der Waals surface area (Å²) in [5, 5.41) is 2.62. The first-order valence-corrected chi connectivity index (χ1v) is 4.29. The molecule has 4 heteroatoms. The van der Waals surface area contributed by atoms with Crippen LogP contribution >= 0.6 is 0 Å². The molecule has 1 N–H and O–H groups in total. The van der Waals surface area contributed by atoms with Crippen LogP contribution in [0.15, 0.2) is 0 Å². The van der Waals surface area contributed by atoms with E-state index in [0.717, 1.165) is 0 Å². The molecule has 0 rings (SSSR count). The molecular weight excluding hydrogens is 194 g/mol. The van der Waals surface area contributed by atoms with E-state index < -0.39 is 5.60 Å². The highest BCUT2D eigenvalue weighted by Gasteiger charge is 2.31. The molecule has 0 aromatic heterocycles. The molecule has 0 bridgehead atoms. The van der Waals surface area contributed by atoms with E-state index in [1.165, 1.54) is 14.0 Å². The molecule has 92 valence electrons. The fourth-order valence-corrected chi connectivity index (χ4v) is 0.906. The molecule has 0 spiro atoms. The maximum absolute atomic E-state index is 11.2. The lowest BCUT2D eigenvalue weighted by atomic mass is 9.97. The lowest BCUT2D eigenvalue weighted by Crippen LogP contribution is -2.41. The monoisotopic (exact) mass is 219 g/mol. The molecule has 0 aliphatic rings. The number of ketones is 1. The fourth-order valence-electron chi connectivity index (χ4n) is 0.906. The second kappa shape index (κ2) is 8.41. The van der Waals surface area contributed by atoms with Crippen LogP contribution in [0.3, 0.4) is 0 Å². The quantitative estimate of drug-likeness (QED) is 0.766. The van der Waals surface area contributed by atoms with Crippen LogP contribution in [0.4, 0.5) is 0 Å². The van der Waals surface area contributed by atoms with Gasteiger partial charge in [0.15, 0.2) is 5.78 Å². The topological polar surface area (TPSA) is 55.4 Å². The molecule has 4 nitrogen and oxygen atoms in total. The first-order chi connectivity index (χ1) is 5.96. The number of carbonyl (C=O) groups is 2. The maximum Gasteiger partial charge on any atom is 0.223 e. The summed E-state index contributed by atoms with van der Waals surface area (Å²) in [7, 11) is 1.43. The van der Waals surface area contributed by atoms with Crippen LogP contribution in [-0.2, 0) is 14.3 Å². The molecule has 0 saturated heterocycles. The summed E-state index contributed by atoms with van der Waals surface area (Å²) in [6, 6.07) is 0. The van der Waals surface area contributed by atoms with Crippen LogP contribution in [0.5, 0.6) is 0 Å². The Hall–Kier alpha value is -0.900. The zero-order chi connectivity index (χ0) is 10.5. The van der Waals surface area contributed by atoms with Crippen molar-refractivity contribution in [2.45, 2.75) is 47.6 Å². The average Bonchev–Trinajstić information content (AvgIpc) is 2.04. The molecule has 15 heavy (non-hydrogen) atoms. The summed E-state index contributed by atoms with van der Waals surface area (Å²) in [5.41, 5.74) is -0.987. The summed E-state index contributed by atoms with van der Waals surface area (Å²) in [6.45, 7) is 5.43. The van der Waals surface area contributed by atoms with Crippen molar-refractivity contribution < 1.29 is 14.3 Å². The largest absolute Gasteiger partial charge is 0.370 e. The van der Waals surface area contributed by atoms with E-state index in [0.29, 0.717) is 6.54 Å². The van der Waals surface area contributed by atoms with Crippen molar-refractivity contribution in [3.05, 3.63) is 0 Å². The Kier molecular flexibility index (Phi) is 11.0. The Morgan fingerprint density at radius 1 is 1.33 bits per heavy atom. The summed E-state index contributed by atoms with van der Waals surface area (Å²) >= 11 is 0. The Balaban J connectivity index is -0.000000720. The molecule has 0 aliphatic carbocycles. The number of hydrogen-bond donors (Lipinski definition) is 1. The SMILES string of the molecule is C.C.CCNC(=O)CC(C)(OC)C(C)=O. The molecule has 0 saturated carbocycles. The summed E-state index contributed by atoms with van der Waals surface area (Å²) in [5.74, 6) is -0.302. The molecule has 0 aliphatic heterocycles. The number of carbonyl (C=O) groups excluding carboxylic acids is 2. The van der Waals surface area contributed by atoms with Gasteiger partial charge in [-0.15, -0.1) is 0 Å². The Labute approximate surface area is 93.4 Å². The van der Waals surface area contributed by atoms with Gasteiger partial charge in [0, 0.05) is 13.7 Å². The van der Waals surface area contributed by atoms with E-state index in [1.54, 1.807) is 6.92 Å². The molecule has 1 amide bonds. The van der Waals surface area contributed by atoms with Crippen molar-refractivity contribution >= 4 is 11.7 Å². The number of Topliss-reactive ketones (excluding diaryl/α,β-unsaturated/α-hetero) is 1. The predicted molar refractivity (Wildman–Crippen MR) is 62.9 cm³/mol. The van der Waals surface area contributed by atoms with Crippen LogP contribution in [0.2, 0.25) is 0 Å². The van der Waals surface area contributed by atoms with Gasteiger partial charge in [-0.05, 0) is 20.8 Å². The number of amides is 1. The first-order valence-electron chi connectivity index (χ1n) is 4.29. The van der Waals surface area contributed by atoms with Gasteiger partial charge in [-0.2, -0.15) is 0 Å². The summed E-state index contributed by atoms with van der Waals surface area (Å²) in [6.07, 6.45) is 0.0761. The average molecular weight is 219 g/mol. The van der Waals surface area contributed by atoms with Gasteiger partial charge >= 0.3 is 0 Å². The minimum atomic E-state index is -0.987. The highest BCUT2D eigenvalue weighted by molar-refractivity contribution is 5.90. The van der Waals surface area contributed by atoms with E-state index in [9.17, 15) is 9.59 Å². The smallest absolute Gasteiger partial charge is 0.223 e. The Bertz CT molecular complexity index is 204. The van der Waals surface area contributed by atoms with Gasteiger partial charge in [-0.3, -0.25) is 9.59 Å². The normalized spacial score (nSPS) is 12.8. The fraction of sp³-hybridized carbons (Fsp3) is 0.818. The first kappa shape index (κ1) is 19.6. The van der Waals surface area contributed by atoms with Crippen LogP contribution < -0.4 is 5.32 Å². The van der Waals surface area contributed by atoms with Crippen LogP contribution in [0.1, 0.15) is 42.0 Å². The van der Waals surface area contributed by atoms with Crippen LogP contribution in [0.25, 0.3) is 0 Å². The molecule has 0 aromatic carbocycles. The zero-order valence-electron chi connectivity index (χ0n) is 8.64. The highest BCUT2D eigenvalue weighted by Crippen LogP contribution is 2.15. The van der Waals surface area contributed by atoms with E-state index in [4.69, 9.17) is 4.74 Å². The Morgan fingerprint density at radius 2 is 1.80 bits per heavy atom. The molecule has 0 fully saturated rings. The summed E-state index contributed by atoms with van der Waals surface area (Å²) in [4.78, 5) is 22.3. The molecule has 1 unspecified atom stereocenters. The van der Waals surface area contributed by atoms with E-state index in [1.807, 2.05) is 6.92 Å². The predicted octanol–water partition coefficient (Wildman–Crippen LogP) is 1.78. The third-order valence-corrected chi connectivity index (χ3v) is 2.07. The number of hydrogen-bond acceptors (Lipinski definition) is 3. The van der Waals surface area contributed by atoms with E-state index in [-0.39, 0.29) is 33.0 Å². The molecule has 1 atom stereocenters. The van der Waals surface area contributed by atoms with Crippen molar-refractivity contribution in [1.29, 1.82) is 0 Å². The maximum atomic E-state index is 11.2. The van der Waals surface area contributed by atoms with Gasteiger partial charge in [-0.25, -0.2) is 0 Å². The third-order valence-electron chi connectivity index (χ3n) is 2.07. The van der Waals surface area contributed by atoms with Crippen molar-refractivity contribution in [3.8, 4) is 0 Å². The van der Waals surface area contributed by atoms with Gasteiger partial charge in [0.25, 0.3) is 0 Å². The number of nitrogens with one attached hydrogen (secondary N) is 1. The Morgan fingerprint density at radius 3 is 2.07 bits per heavy atom. The van der Waals surface area contributed by atoms with Crippen molar-refractivity contribution in [2.75, 3.05) is 13.7 Å². The van der Waals surface area contributed by atoms with E-state index in [2.05, 4.69) is 5.32 Å². The molecule has 0 heterocycles. The second-order valence-electron chi connectivity index (χ2n) is 3.12. The minimum Gasteiger partial charge on any atom is -0.370 e.